The number of methoxy groups -OCH3 is 2. The Morgan fingerprint density at radius 2 is 1.38 bits per heavy atom. The Hall–Kier alpha value is -6.19. The lowest BCUT2D eigenvalue weighted by atomic mass is 9.81. The van der Waals surface area contributed by atoms with Gasteiger partial charge in [-0.15, -0.1) is 0 Å². The summed E-state index contributed by atoms with van der Waals surface area (Å²) in [5, 5.41) is 24.9. The monoisotopic (exact) mass is 1220 g/mol. The molecule has 87 heavy (non-hydrogen) atoms. The number of likely N-dealkylation sites (tertiary alicyclic amines) is 1. The molecule has 488 valence electrons. The number of benzene rings is 1. The summed E-state index contributed by atoms with van der Waals surface area (Å²) in [5.74, 6) is -9.42. The zero-order valence-electron chi connectivity index (χ0n) is 54.3. The van der Waals surface area contributed by atoms with Crippen LogP contribution in [0.25, 0.3) is 0 Å². The van der Waals surface area contributed by atoms with Crippen molar-refractivity contribution in [1.82, 2.24) is 30.2 Å². The van der Waals surface area contributed by atoms with Gasteiger partial charge < -0.3 is 40.1 Å². The number of carboxylic acid groups (broad SMARTS) is 2. The molecule has 4 N–H and O–H groups in total. The number of unbranched alkanes of at least 4 members (excludes halogenated alkanes) is 1. The summed E-state index contributed by atoms with van der Waals surface area (Å²) in [5.41, 5.74) is 0.731. The van der Waals surface area contributed by atoms with Crippen molar-refractivity contribution in [2.24, 2.45) is 47.3 Å². The average Bonchev–Trinajstić information content (AvgIpc) is 3.98. The molecule has 1 aromatic rings. The molecule has 0 bridgehead atoms. The van der Waals surface area contributed by atoms with E-state index in [2.05, 4.69) is 29.4 Å². The Labute approximate surface area is 516 Å². The number of imide groups is 1. The number of aliphatic carboxylic acids is 2. The smallest absolute Gasteiger partial charge is 0.326 e. The van der Waals surface area contributed by atoms with E-state index in [1.54, 1.807) is 54.1 Å². The minimum Gasteiger partial charge on any atom is -0.481 e. The molecular formula is C66H104N6O15. The van der Waals surface area contributed by atoms with E-state index in [1.165, 1.54) is 14.2 Å². The van der Waals surface area contributed by atoms with Crippen molar-refractivity contribution in [3.8, 4) is 0 Å². The van der Waals surface area contributed by atoms with Crippen LogP contribution in [-0.4, -0.2) is 185 Å². The fourth-order valence-electron chi connectivity index (χ4n) is 12.4. The van der Waals surface area contributed by atoms with Gasteiger partial charge in [-0.25, -0.2) is 4.79 Å². The molecule has 2 aliphatic heterocycles. The average molecular weight is 1220 g/mol. The summed E-state index contributed by atoms with van der Waals surface area (Å²) >= 11 is 0. The number of Topliss-reactive ketones (excluding diaryl/α,β-unsaturated/α-hetero) is 3. The second kappa shape index (κ2) is 37.6. The van der Waals surface area contributed by atoms with Crippen molar-refractivity contribution in [3.05, 3.63) is 48.0 Å². The number of rotatable bonds is 43. The molecule has 11 atom stereocenters. The van der Waals surface area contributed by atoms with Crippen LogP contribution in [-0.2, 0) is 68.6 Å². The lowest BCUT2D eigenvalue weighted by Gasteiger charge is -2.41. The Morgan fingerprint density at radius 3 is 1.94 bits per heavy atom. The van der Waals surface area contributed by atoms with Crippen molar-refractivity contribution in [3.63, 3.8) is 0 Å². The van der Waals surface area contributed by atoms with E-state index in [4.69, 9.17) is 9.47 Å². The molecular weight excluding hydrogens is 1120 g/mol. The van der Waals surface area contributed by atoms with Gasteiger partial charge in [-0.2, -0.15) is 0 Å². The Bertz CT molecular complexity index is 2470. The topological polar surface area (TPSA) is 284 Å². The first-order valence-corrected chi connectivity index (χ1v) is 31.6. The van der Waals surface area contributed by atoms with Crippen LogP contribution in [0.4, 0.5) is 0 Å². The summed E-state index contributed by atoms with van der Waals surface area (Å²) < 4.78 is 12.2. The van der Waals surface area contributed by atoms with E-state index in [0.29, 0.717) is 38.1 Å². The number of carbonyl (C=O) groups is 11. The molecule has 2 aliphatic rings. The second-order valence-electron chi connectivity index (χ2n) is 25.3. The zero-order chi connectivity index (χ0) is 65.2. The fourth-order valence-corrected chi connectivity index (χ4v) is 12.4. The minimum atomic E-state index is -1.41. The number of likely N-dealkylation sites (N-methyl/N-ethyl adjacent to an activating group) is 2. The van der Waals surface area contributed by atoms with Gasteiger partial charge in [0.2, 0.25) is 23.6 Å². The summed E-state index contributed by atoms with van der Waals surface area (Å²) in [4.78, 5) is 153. The third-order valence-electron chi connectivity index (χ3n) is 17.7. The largest absolute Gasteiger partial charge is 0.481 e. The highest BCUT2D eigenvalue weighted by atomic mass is 16.5. The van der Waals surface area contributed by atoms with E-state index in [1.807, 2.05) is 48.6 Å². The van der Waals surface area contributed by atoms with Crippen LogP contribution in [0.1, 0.15) is 164 Å². The summed E-state index contributed by atoms with van der Waals surface area (Å²) in [7, 11) is 6.73. The maximum Gasteiger partial charge on any atom is 0.326 e. The second-order valence-corrected chi connectivity index (χ2v) is 25.3. The molecule has 1 aromatic carbocycles. The van der Waals surface area contributed by atoms with Crippen LogP contribution in [0.3, 0.4) is 0 Å². The lowest BCUT2D eigenvalue weighted by molar-refractivity contribution is -0.149. The fraction of sp³-hybridized carbons (Fsp3) is 0.712. The van der Waals surface area contributed by atoms with Crippen LogP contribution in [0.5, 0.6) is 0 Å². The molecule has 0 saturated carbocycles. The first-order valence-electron chi connectivity index (χ1n) is 31.6. The molecule has 21 heteroatoms. The Morgan fingerprint density at radius 1 is 0.736 bits per heavy atom. The van der Waals surface area contributed by atoms with Gasteiger partial charge >= 0.3 is 11.9 Å². The van der Waals surface area contributed by atoms with Crippen LogP contribution in [0.2, 0.25) is 0 Å². The molecule has 21 nitrogen and oxygen atoms in total. The van der Waals surface area contributed by atoms with Crippen molar-refractivity contribution >= 4 is 64.7 Å². The van der Waals surface area contributed by atoms with Crippen molar-refractivity contribution in [2.75, 3.05) is 54.5 Å². The van der Waals surface area contributed by atoms with Crippen LogP contribution in [0, 0.1) is 47.3 Å². The van der Waals surface area contributed by atoms with Gasteiger partial charge in [0.05, 0.1) is 36.8 Å². The standard InChI is InChI=1S/C66H104N6O15/c1-14-44(8)62(70(11)65(83)49(42(4)5)39-54(75)61(43(6)7)69(10)33-20-22-41(2)3)55(86-12)40-59(79)71-34-21-26-51(71)63(87-13)45(9)52(73)38-48(36-46-23-16-15-17-24-46)53(74)37-47(27-30-60(80)81)64(82)68-50(66(84)85)25-18-19-32-67-56(76)31-35-72-57(77)28-29-58(72)78/h15-17,23-24,28-29,41-45,47-51,55,61-63H,14,18-22,25-27,30-40H2,1-13H3,(H,67,76)(H,68,82)(H,80,81)(H,84,85)/t44-,45-,47+,48-,49-,50-,51-,55+,61-,62-,63+/m0/s1. The predicted octanol–water partition coefficient (Wildman–Crippen LogP) is 6.96. The maximum atomic E-state index is 14.8. The zero-order valence-corrected chi connectivity index (χ0v) is 54.3. The molecule has 2 heterocycles. The number of hydrogen-bond donors (Lipinski definition) is 4. The van der Waals surface area contributed by atoms with Crippen LogP contribution >= 0.6 is 0 Å². The van der Waals surface area contributed by atoms with Gasteiger partial charge in [0.1, 0.15) is 17.6 Å². The minimum absolute atomic E-state index is 0.0303. The number of nitrogens with one attached hydrogen (secondary N) is 2. The third kappa shape index (κ3) is 23.7. The van der Waals surface area contributed by atoms with Gasteiger partial charge in [0, 0.05) is 109 Å². The quantitative estimate of drug-likeness (QED) is 0.0380. The van der Waals surface area contributed by atoms with E-state index < -0.39 is 108 Å². The van der Waals surface area contributed by atoms with Gasteiger partial charge in [-0.1, -0.05) is 99.1 Å². The van der Waals surface area contributed by atoms with E-state index >= 15 is 0 Å². The Balaban J connectivity index is 1.79. The van der Waals surface area contributed by atoms with Crippen molar-refractivity contribution in [2.45, 2.75) is 201 Å². The van der Waals surface area contributed by atoms with Crippen molar-refractivity contribution < 1.29 is 72.4 Å². The summed E-state index contributed by atoms with van der Waals surface area (Å²) in [6.07, 6.45) is 3.49. The van der Waals surface area contributed by atoms with Gasteiger partial charge in [-0.3, -0.25) is 57.7 Å². The molecule has 0 aromatic heterocycles. The molecule has 0 aliphatic carbocycles. The maximum absolute atomic E-state index is 14.8. The number of nitrogens with zero attached hydrogens (tertiary/aromatic N) is 4. The van der Waals surface area contributed by atoms with Gasteiger partial charge in [-0.05, 0) is 101 Å². The van der Waals surface area contributed by atoms with Gasteiger partial charge in [0.15, 0.2) is 5.78 Å². The predicted molar refractivity (Wildman–Crippen MR) is 330 cm³/mol. The van der Waals surface area contributed by atoms with Crippen LogP contribution in [0.15, 0.2) is 42.5 Å². The van der Waals surface area contributed by atoms with Crippen LogP contribution < -0.4 is 10.6 Å². The van der Waals surface area contributed by atoms with E-state index in [0.717, 1.165) is 42.0 Å². The molecule has 0 spiro atoms. The number of carbonyl (C=O) groups excluding carboxylic acids is 9. The van der Waals surface area contributed by atoms with E-state index in [9.17, 15) is 63.0 Å². The SMILES string of the molecule is CC[C@H](C)[C@@H]([C@@H](CC(=O)N1CCC[C@H]1[C@H](OC)[C@@H](C)C(=O)C[C@H](Cc1ccccc1)C(=O)C[C@@H](CCC(=O)O)C(=O)N[C@@H](CCCCNC(=O)CCN1C(=O)C=CC1=O)C(=O)O)OC)N(C)C(=O)[C@@H](CC(=O)[C@H](C(C)C)N(C)CCCC(C)C)C(C)C. The summed E-state index contributed by atoms with van der Waals surface area (Å²) in [6, 6.07) is 6.16. The number of ketones is 3. The molecule has 6 amide bonds. The lowest BCUT2D eigenvalue weighted by Crippen LogP contribution is -2.54. The number of ether oxygens (including phenoxy) is 2. The molecule has 1 fully saturated rings. The van der Waals surface area contributed by atoms with Gasteiger partial charge in [0.25, 0.3) is 11.8 Å². The number of carboxylic acids is 2. The number of hydrogen-bond acceptors (Lipinski definition) is 14. The number of amides is 6. The molecule has 1 saturated heterocycles. The highest BCUT2D eigenvalue weighted by molar-refractivity contribution is 6.13. The van der Waals surface area contributed by atoms with Crippen molar-refractivity contribution in [1.29, 1.82) is 0 Å². The first kappa shape index (κ1) is 75.1. The highest BCUT2D eigenvalue weighted by Crippen LogP contribution is 2.33. The Kier molecular flexibility index (Phi) is 32.4. The molecule has 0 unspecified atom stereocenters. The molecule has 3 rings (SSSR count). The van der Waals surface area contributed by atoms with E-state index in [-0.39, 0.29) is 112 Å². The first-order chi connectivity index (χ1) is 41.1. The molecule has 0 radical (unpaired) electrons. The summed E-state index contributed by atoms with van der Waals surface area (Å²) in [6.45, 7) is 19.3. The third-order valence-corrected chi connectivity index (χ3v) is 17.7. The normalized spacial score (nSPS) is 17.8. The highest BCUT2D eigenvalue weighted by Gasteiger charge is 2.44.